The van der Waals surface area contributed by atoms with E-state index in [-0.39, 0.29) is 5.60 Å². The molecule has 0 amide bonds. The molecule has 116 valence electrons. The molecule has 0 N–H and O–H groups in total. The molecule has 0 spiro atoms. The third-order valence-corrected chi connectivity index (χ3v) is 5.59. The molecule has 0 radical (unpaired) electrons. The van der Waals surface area contributed by atoms with E-state index >= 15 is 0 Å². The van der Waals surface area contributed by atoms with Gasteiger partial charge in [0.1, 0.15) is 0 Å². The van der Waals surface area contributed by atoms with Gasteiger partial charge in [0.25, 0.3) is 0 Å². The summed E-state index contributed by atoms with van der Waals surface area (Å²) in [5.41, 5.74) is 2.56. The van der Waals surface area contributed by atoms with E-state index in [1.165, 1.54) is 21.5 Å². The van der Waals surface area contributed by atoms with Gasteiger partial charge in [-0.3, -0.25) is 0 Å². The van der Waals surface area contributed by atoms with Crippen LogP contribution in [0.4, 0.5) is 0 Å². The van der Waals surface area contributed by atoms with Gasteiger partial charge in [-0.2, -0.15) is 0 Å². The summed E-state index contributed by atoms with van der Waals surface area (Å²) in [5, 5.41) is 2.99. The van der Waals surface area contributed by atoms with Crippen LogP contribution < -0.4 is 10.4 Å². The van der Waals surface area contributed by atoms with Crippen LogP contribution in [0.25, 0.3) is 6.08 Å². The fourth-order valence-electron chi connectivity index (χ4n) is 2.43. The highest BCUT2D eigenvalue weighted by atomic mass is 28.2. The molecule has 2 rings (SSSR count). The van der Waals surface area contributed by atoms with E-state index in [1.54, 1.807) is 0 Å². The van der Waals surface area contributed by atoms with Gasteiger partial charge in [-0.1, -0.05) is 71.6 Å². The minimum atomic E-state index is -0.439. The van der Waals surface area contributed by atoms with Gasteiger partial charge in [0.2, 0.25) is 0 Å². The van der Waals surface area contributed by atoms with E-state index in [0.29, 0.717) is 0 Å². The Hall–Kier alpha value is -1.64. The first kappa shape index (κ1) is 16.7. The SMILES string of the molecule is C=Cc1ccc([SiH2]c2ccccc2CCOC(C)(C)C)cc1. The predicted molar refractivity (Wildman–Crippen MR) is 100 cm³/mol. The van der Waals surface area contributed by atoms with Crippen molar-refractivity contribution in [1.82, 2.24) is 0 Å². The Bertz CT molecular complexity index is 608. The molecule has 22 heavy (non-hydrogen) atoms. The van der Waals surface area contributed by atoms with Crippen molar-refractivity contribution >= 4 is 26.0 Å². The quantitative estimate of drug-likeness (QED) is 0.746. The van der Waals surface area contributed by atoms with Crippen LogP contribution in [0.15, 0.2) is 55.1 Å². The standard InChI is InChI=1S/C20H26OSi/c1-5-16-10-12-18(13-11-16)22-19-9-7-6-8-17(19)14-15-21-20(2,3)4/h5-13H,1,14-15,22H2,2-4H3. The van der Waals surface area contributed by atoms with Crippen molar-refractivity contribution in [2.24, 2.45) is 0 Å². The molecule has 0 unspecified atom stereocenters. The second-order valence-corrected chi connectivity index (χ2v) is 8.53. The van der Waals surface area contributed by atoms with Gasteiger partial charge >= 0.3 is 0 Å². The third kappa shape index (κ3) is 5.28. The van der Waals surface area contributed by atoms with Crippen molar-refractivity contribution in [2.75, 3.05) is 6.61 Å². The van der Waals surface area contributed by atoms with Gasteiger partial charge < -0.3 is 4.74 Å². The number of rotatable bonds is 6. The van der Waals surface area contributed by atoms with Crippen LogP contribution >= 0.6 is 0 Å². The lowest BCUT2D eigenvalue weighted by atomic mass is 10.1. The molecule has 0 bridgehead atoms. The minimum absolute atomic E-state index is 0.0626. The van der Waals surface area contributed by atoms with E-state index < -0.39 is 9.52 Å². The molecule has 2 aromatic rings. The predicted octanol–water partition coefficient (Wildman–Crippen LogP) is 2.81. The summed E-state index contributed by atoms with van der Waals surface area (Å²) in [6, 6.07) is 17.6. The molecule has 1 nitrogen and oxygen atoms in total. The zero-order chi connectivity index (χ0) is 16.0. The van der Waals surface area contributed by atoms with E-state index in [4.69, 9.17) is 4.74 Å². The Kier molecular flexibility index (Phi) is 5.75. The van der Waals surface area contributed by atoms with Crippen LogP contribution in [0.5, 0.6) is 0 Å². The molecule has 0 heterocycles. The Balaban J connectivity index is 2.05. The first-order chi connectivity index (χ1) is 10.5. The average molecular weight is 311 g/mol. The normalized spacial score (nSPS) is 12.0. The Labute approximate surface area is 136 Å². The molecule has 0 aromatic heterocycles. The molecular formula is C20H26OSi. The molecule has 0 fully saturated rings. The summed E-state index contributed by atoms with van der Waals surface area (Å²) in [5.74, 6) is 0. The summed E-state index contributed by atoms with van der Waals surface area (Å²) in [7, 11) is -0.439. The molecule has 0 aliphatic carbocycles. The van der Waals surface area contributed by atoms with E-state index in [2.05, 4.69) is 75.9 Å². The minimum Gasteiger partial charge on any atom is -0.376 e. The Morgan fingerprint density at radius 3 is 2.36 bits per heavy atom. The van der Waals surface area contributed by atoms with Crippen LogP contribution in [0, 0.1) is 0 Å². The fourth-order valence-corrected chi connectivity index (χ4v) is 4.12. The van der Waals surface area contributed by atoms with Crippen molar-refractivity contribution in [1.29, 1.82) is 0 Å². The number of ether oxygens (including phenoxy) is 1. The lowest BCUT2D eigenvalue weighted by Crippen LogP contribution is -2.30. The van der Waals surface area contributed by atoms with Crippen LogP contribution in [-0.2, 0) is 11.2 Å². The van der Waals surface area contributed by atoms with Crippen LogP contribution in [0.1, 0.15) is 31.9 Å². The summed E-state index contributed by atoms with van der Waals surface area (Å²) in [6.07, 6.45) is 2.88. The van der Waals surface area contributed by atoms with Crippen LogP contribution in [0.2, 0.25) is 0 Å². The molecule has 2 aromatic carbocycles. The van der Waals surface area contributed by atoms with Crippen molar-refractivity contribution in [2.45, 2.75) is 32.8 Å². The molecule has 0 atom stereocenters. The van der Waals surface area contributed by atoms with Crippen molar-refractivity contribution in [3.8, 4) is 0 Å². The lowest BCUT2D eigenvalue weighted by molar-refractivity contribution is -0.000912. The average Bonchev–Trinajstić information content (AvgIpc) is 2.48. The molecule has 0 aliphatic heterocycles. The number of hydrogen-bond donors (Lipinski definition) is 0. The first-order valence-corrected chi connectivity index (χ1v) is 9.31. The topological polar surface area (TPSA) is 9.23 Å². The summed E-state index contributed by atoms with van der Waals surface area (Å²) in [6.45, 7) is 10.9. The molecule has 0 saturated heterocycles. The smallest absolute Gasteiger partial charge is 0.0878 e. The van der Waals surface area contributed by atoms with Crippen LogP contribution in [0.3, 0.4) is 0 Å². The fraction of sp³-hybridized carbons (Fsp3) is 0.300. The molecule has 0 aliphatic rings. The van der Waals surface area contributed by atoms with Gasteiger partial charge in [0.15, 0.2) is 0 Å². The highest BCUT2D eigenvalue weighted by Crippen LogP contribution is 2.08. The van der Waals surface area contributed by atoms with Crippen LogP contribution in [-0.4, -0.2) is 21.7 Å². The monoisotopic (exact) mass is 310 g/mol. The zero-order valence-electron chi connectivity index (χ0n) is 13.9. The van der Waals surface area contributed by atoms with Crippen molar-refractivity contribution in [3.63, 3.8) is 0 Å². The van der Waals surface area contributed by atoms with Gasteiger partial charge in [0, 0.05) is 0 Å². The van der Waals surface area contributed by atoms with E-state index in [0.717, 1.165) is 13.0 Å². The second kappa shape index (κ2) is 7.57. The highest BCUT2D eigenvalue weighted by molar-refractivity contribution is 6.67. The van der Waals surface area contributed by atoms with Gasteiger partial charge in [0.05, 0.1) is 21.7 Å². The van der Waals surface area contributed by atoms with E-state index in [1.807, 2.05) is 6.08 Å². The maximum Gasteiger partial charge on any atom is 0.0878 e. The summed E-state index contributed by atoms with van der Waals surface area (Å²) < 4.78 is 5.87. The van der Waals surface area contributed by atoms with E-state index in [9.17, 15) is 0 Å². The third-order valence-electron chi connectivity index (χ3n) is 3.63. The Morgan fingerprint density at radius 1 is 1.05 bits per heavy atom. The maximum atomic E-state index is 5.87. The first-order valence-electron chi connectivity index (χ1n) is 7.90. The van der Waals surface area contributed by atoms with Gasteiger partial charge in [-0.25, -0.2) is 0 Å². The zero-order valence-corrected chi connectivity index (χ0v) is 15.3. The molecule has 0 saturated carbocycles. The summed E-state index contributed by atoms with van der Waals surface area (Å²) in [4.78, 5) is 0. The molecular weight excluding hydrogens is 284 g/mol. The number of benzene rings is 2. The largest absolute Gasteiger partial charge is 0.376 e. The highest BCUT2D eigenvalue weighted by Gasteiger charge is 2.10. The number of hydrogen-bond acceptors (Lipinski definition) is 1. The Morgan fingerprint density at radius 2 is 1.73 bits per heavy atom. The van der Waals surface area contributed by atoms with Gasteiger partial charge in [-0.15, -0.1) is 0 Å². The lowest BCUT2D eigenvalue weighted by Gasteiger charge is -2.20. The maximum absolute atomic E-state index is 5.87. The van der Waals surface area contributed by atoms with Crippen molar-refractivity contribution in [3.05, 3.63) is 66.2 Å². The van der Waals surface area contributed by atoms with Crippen molar-refractivity contribution < 1.29 is 4.74 Å². The summed E-state index contributed by atoms with van der Waals surface area (Å²) >= 11 is 0. The molecule has 2 heteroatoms. The van der Waals surface area contributed by atoms with Gasteiger partial charge in [-0.05, 0) is 38.3 Å². The second-order valence-electron chi connectivity index (χ2n) is 6.60.